The van der Waals surface area contributed by atoms with Gasteiger partial charge in [-0.05, 0) is 19.1 Å². The first-order valence-electron chi connectivity index (χ1n) is 5.11. The Kier molecular flexibility index (Phi) is 4.26. The SMILES string of the molecule is CSCC(C)N1C(=O)CNC1C(C)C. The first-order valence-corrected chi connectivity index (χ1v) is 6.50. The van der Waals surface area contributed by atoms with Gasteiger partial charge in [0.15, 0.2) is 0 Å². The highest BCUT2D eigenvalue weighted by Gasteiger charge is 2.35. The summed E-state index contributed by atoms with van der Waals surface area (Å²) in [5.41, 5.74) is 0. The Labute approximate surface area is 90.6 Å². The first kappa shape index (κ1) is 11.9. The minimum Gasteiger partial charge on any atom is -0.322 e. The van der Waals surface area contributed by atoms with Gasteiger partial charge in [0.05, 0.1) is 12.7 Å². The molecule has 0 saturated carbocycles. The Morgan fingerprint density at radius 1 is 1.57 bits per heavy atom. The van der Waals surface area contributed by atoms with Gasteiger partial charge in [0.1, 0.15) is 0 Å². The molecular weight excluding hydrogens is 196 g/mol. The van der Waals surface area contributed by atoms with Gasteiger partial charge in [-0.15, -0.1) is 0 Å². The standard InChI is InChI=1S/C10H20N2OS/c1-7(2)10-11-5-9(13)12(10)8(3)6-14-4/h7-8,10-11H,5-6H2,1-4H3. The highest BCUT2D eigenvalue weighted by molar-refractivity contribution is 7.98. The van der Waals surface area contributed by atoms with Crippen molar-refractivity contribution in [3.8, 4) is 0 Å². The van der Waals surface area contributed by atoms with Crippen molar-refractivity contribution in [1.29, 1.82) is 0 Å². The lowest BCUT2D eigenvalue weighted by Crippen LogP contribution is -2.47. The van der Waals surface area contributed by atoms with Crippen LogP contribution in [0.4, 0.5) is 0 Å². The van der Waals surface area contributed by atoms with Gasteiger partial charge in [-0.1, -0.05) is 13.8 Å². The molecule has 0 bridgehead atoms. The number of carbonyl (C=O) groups is 1. The van der Waals surface area contributed by atoms with Crippen molar-refractivity contribution in [2.24, 2.45) is 5.92 Å². The van der Waals surface area contributed by atoms with Crippen molar-refractivity contribution in [3.05, 3.63) is 0 Å². The summed E-state index contributed by atoms with van der Waals surface area (Å²) in [7, 11) is 0. The van der Waals surface area contributed by atoms with E-state index in [0.29, 0.717) is 18.5 Å². The number of nitrogens with zero attached hydrogens (tertiary/aromatic N) is 1. The third-order valence-electron chi connectivity index (χ3n) is 2.56. The van der Waals surface area contributed by atoms with Gasteiger partial charge in [-0.25, -0.2) is 0 Å². The molecule has 1 heterocycles. The molecule has 0 aromatic carbocycles. The zero-order valence-electron chi connectivity index (χ0n) is 9.41. The van der Waals surface area contributed by atoms with E-state index < -0.39 is 0 Å². The number of carbonyl (C=O) groups excluding carboxylic acids is 1. The molecule has 0 aliphatic carbocycles. The van der Waals surface area contributed by atoms with Crippen LogP contribution in [0.2, 0.25) is 0 Å². The van der Waals surface area contributed by atoms with E-state index in [4.69, 9.17) is 0 Å². The maximum absolute atomic E-state index is 11.7. The fourth-order valence-electron chi connectivity index (χ4n) is 1.94. The van der Waals surface area contributed by atoms with Crippen molar-refractivity contribution in [2.75, 3.05) is 18.6 Å². The quantitative estimate of drug-likeness (QED) is 0.765. The Morgan fingerprint density at radius 2 is 2.21 bits per heavy atom. The predicted octanol–water partition coefficient (Wildman–Crippen LogP) is 1.15. The van der Waals surface area contributed by atoms with E-state index in [-0.39, 0.29) is 12.1 Å². The zero-order chi connectivity index (χ0) is 10.7. The van der Waals surface area contributed by atoms with Gasteiger partial charge < -0.3 is 4.90 Å². The van der Waals surface area contributed by atoms with Gasteiger partial charge in [0.25, 0.3) is 0 Å². The van der Waals surface area contributed by atoms with Crippen molar-refractivity contribution < 1.29 is 4.79 Å². The Hall–Kier alpha value is -0.220. The lowest BCUT2D eigenvalue weighted by Gasteiger charge is -2.32. The number of rotatable bonds is 4. The first-order chi connectivity index (χ1) is 6.57. The van der Waals surface area contributed by atoms with Crippen LogP contribution >= 0.6 is 11.8 Å². The van der Waals surface area contributed by atoms with Crippen LogP contribution < -0.4 is 5.32 Å². The molecule has 1 aliphatic rings. The zero-order valence-corrected chi connectivity index (χ0v) is 10.2. The Morgan fingerprint density at radius 3 is 2.71 bits per heavy atom. The second kappa shape index (κ2) is 5.03. The molecule has 0 spiro atoms. The lowest BCUT2D eigenvalue weighted by molar-refractivity contribution is -0.130. The molecule has 82 valence electrons. The fourth-order valence-corrected chi connectivity index (χ4v) is 2.58. The van der Waals surface area contributed by atoms with Crippen molar-refractivity contribution in [1.82, 2.24) is 10.2 Å². The largest absolute Gasteiger partial charge is 0.322 e. The summed E-state index contributed by atoms with van der Waals surface area (Å²) in [5.74, 6) is 1.73. The van der Waals surface area contributed by atoms with Gasteiger partial charge >= 0.3 is 0 Å². The normalized spacial score (nSPS) is 24.8. The highest BCUT2D eigenvalue weighted by Crippen LogP contribution is 2.18. The summed E-state index contributed by atoms with van der Waals surface area (Å²) in [6.07, 6.45) is 2.30. The van der Waals surface area contributed by atoms with Gasteiger partial charge in [0.2, 0.25) is 5.91 Å². The van der Waals surface area contributed by atoms with Crippen LogP contribution in [0.3, 0.4) is 0 Å². The van der Waals surface area contributed by atoms with Crippen molar-refractivity contribution >= 4 is 17.7 Å². The van der Waals surface area contributed by atoms with E-state index in [1.807, 2.05) is 4.90 Å². The maximum atomic E-state index is 11.7. The number of amides is 1. The van der Waals surface area contributed by atoms with E-state index in [0.717, 1.165) is 5.75 Å². The van der Waals surface area contributed by atoms with Gasteiger partial charge in [-0.2, -0.15) is 11.8 Å². The van der Waals surface area contributed by atoms with E-state index in [2.05, 4.69) is 32.3 Å². The average Bonchev–Trinajstić information content (AvgIpc) is 2.47. The molecule has 1 N–H and O–H groups in total. The Balaban J connectivity index is 2.66. The second-order valence-electron chi connectivity index (χ2n) is 4.18. The van der Waals surface area contributed by atoms with E-state index in [1.54, 1.807) is 11.8 Å². The molecule has 0 aromatic heterocycles. The number of thioether (sulfide) groups is 1. The second-order valence-corrected chi connectivity index (χ2v) is 5.09. The van der Waals surface area contributed by atoms with Crippen LogP contribution in [-0.2, 0) is 4.79 Å². The minimum absolute atomic E-state index is 0.227. The molecular formula is C10H20N2OS. The van der Waals surface area contributed by atoms with E-state index >= 15 is 0 Å². The maximum Gasteiger partial charge on any atom is 0.238 e. The van der Waals surface area contributed by atoms with Gasteiger partial charge in [-0.3, -0.25) is 10.1 Å². The van der Waals surface area contributed by atoms with Crippen LogP contribution in [0.5, 0.6) is 0 Å². The Bertz CT molecular complexity index is 208. The molecule has 2 atom stereocenters. The fraction of sp³-hybridized carbons (Fsp3) is 0.900. The predicted molar refractivity (Wildman–Crippen MR) is 61.3 cm³/mol. The van der Waals surface area contributed by atoms with Crippen LogP contribution in [0.15, 0.2) is 0 Å². The molecule has 0 aromatic rings. The molecule has 2 unspecified atom stereocenters. The molecule has 3 nitrogen and oxygen atoms in total. The van der Waals surface area contributed by atoms with Crippen molar-refractivity contribution in [3.63, 3.8) is 0 Å². The number of nitrogens with one attached hydrogen (secondary N) is 1. The van der Waals surface area contributed by atoms with E-state index in [9.17, 15) is 4.79 Å². The number of hydrogen-bond donors (Lipinski definition) is 1. The summed E-state index contributed by atoms with van der Waals surface area (Å²) in [5, 5.41) is 3.26. The molecule has 4 heteroatoms. The van der Waals surface area contributed by atoms with E-state index in [1.165, 1.54) is 0 Å². The summed E-state index contributed by atoms with van der Waals surface area (Å²) in [6, 6.07) is 0.333. The highest BCUT2D eigenvalue weighted by atomic mass is 32.2. The minimum atomic E-state index is 0.227. The molecule has 14 heavy (non-hydrogen) atoms. The average molecular weight is 216 g/mol. The monoisotopic (exact) mass is 216 g/mol. The topological polar surface area (TPSA) is 32.3 Å². The molecule has 1 amide bonds. The third-order valence-corrected chi connectivity index (χ3v) is 3.38. The molecule has 1 fully saturated rings. The van der Waals surface area contributed by atoms with Crippen LogP contribution in [0.25, 0.3) is 0 Å². The van der Waals surface area contributed by atoms with Crippen LogP contribution in [-0.4, -0.2) is 41.6 Å². The third kappa shape index (κ3) is 2.42. The summed E-state index contributed by atoms with van der Waals surface area (Å²) >= 11 is 1.79. The van der Waals surface area contributed by atoms with Crippen LogP contribution in [0.1, 0.15) is 20.8 Å². The molecule has 1 rings (SSSR count). The van der Waals surface area contributed by atoms with Gasteiger partial charge in [0, 0.05) is 11.8 Å². The van der Waals surface area contributed by atoms with Crippen molar-refractivity contribution in [2.45, 2.75) is 33.0 Å². The molecule has 0 radical (unpaired) electrons. The molecule has 1 aliphatic heterocycles. The summed E-state index contributed by atoms with van der Waals surface area (Å²) in [4.78, 5) is 13.7. The summed E-state index contributed by atoms with van der Waals surface area (Å²) in [6.45, 7) is 6.92. The molecule has 1 saturated heterocycles. The number of hydrogen-bond acceptors (Lipinski definition) is 3. The summed E-state index contributed by atoms with van der Waals surface area (Å²) < 4.78 is 0. The van der Waals surface area contributed by atoms with Crippen LogP contribution in [0, 0.1) is 5.92 Å². The smallest absolute Gasteiger partial charge is 0.238 e. The lowest BCUT2D eigenvalue weighted by atomic mass is 10.1.